The number of benzene rings is 2. The summed E-state index contributed by atoms with van der Waals surface area (Å²) in [6.07, 6.45) is 0. The van der Waals surface area contributed by atoms with Crippen LogP contribution in [-0.2, 0) is 31.7 Å². The van der Waals surface area contributed by atoms with E-state index in [1.165, 1.54) is 42.5 Å². The third-order valence-electron chi connectivity index (χ3n) is 3.63. The van der Waals surface area contributed by atoms with Crippen molar-refractivity contribution >= 4 is 21.7 Å². The van der Waals surface area contributed by atoms with Crippen LogP contribution in [0.1, 0.15) is 21.5 Å². The number of hydrogen-bond donors (Lipinski definition) is 1. The van der Waals surface area contributed by atoms with E-state index in [2.05, 4.69) is 5.32 Å². The van der Waals surface area contributed by atoms with Gasteiger partial charge in [-0.25, -0.2) is 17.6 Å². The molecule has 2 aromatic rings. The van der Waals surface area contributed by atoms with Crippen molar-refractivity contribution in [2.45, 2.75) is 12.3 Å². The van der Waals surface area contributed by atoms with Crippen LogP contribution < -0.4 is 5.32 Å². The summed E-state index contributed by atoms with van der Waals surface area (Å²) in [5.41, 5.74) is 0.877. The number of nitrogens with one attached hydrogen (secondary N) is 1. The van der Waals surface area contributed by atoms with Crippen LogP contribution in [0.4, 0.5) is 4.39 Å². The van der Waals surface area contributed by atoms with E-state index in [0.29, 0.717) is 11.1 Å². The number of carbonyl (C=O) groups is 2. The van der Waals surface area contributed by atoms with Gasteiger partial charge in [0.25, 0.3) is 5.91 Å². The smallest absolute Gasteiger partial charge is 0.338 e. The van der Waals surface area contributed by atoms with Crippen LogP contribution in [0.2, 0.25) is 0 Å². The highest BCUT2D eigenvalue weighted by molar-refractivity contribution is 7.90. The normalized spacial score (nSPS) is 10.7. The monoisotopic (exact) mass is 404 g/mol. The minimum absolute atomic E-state index is 0.0328. The summed E-state index contributed by atoms with van der Waals surface area (Å²) >= 11 is 0. The van der Waals surface area contributed by atoms with E-state index in [1.807, 2.05) is 0 Å². The van der Waals surface area contributed by atoms with E-state index in [-0.39, 0.29) is 17.9 Å². The molecule has 7 nitrogen and oxygen atoms in total. The second-order valence-electron chi connectivity index (χ2n) is 5.83. The summed E-state index contributed by atoms with van der Waals surface area (Å²) in [6.45, 7) is -0.569. The number of ether oxygens (including phenoxy) is 1. The lowest BCUT2D eigenvalue weighted by molar-refractivity contribution is -0.124. The number of esters is 1. The molecule has 146 valence electrons. The molecule has 0 unspecified atom stereocenters. The van der Waals surface area contributed by atoms with Crippen molar-refractivity contribution in [3.05, 3.63) is 71.0 Å². The maximum absolute atomic E-state index is 13.5. The summed E-state index contributed by atoms with van der Waals surface area (Å²) in [4.78, 5) is 23.7. The highest BCUT2D eigenvalue weighted by Crippen LogP contribution is 2.10. The van der Waals surface area contributed by atoms with Gasteiger partial charge in [0.15, 0.2) is 16.4 Å². The fourth-order valence-electron chi connectivity index (χ4n) is 2.24. The number of sulfone groups is 1. The van der Waals surface area contributed by atoms with Crippen LogP contribution in [0, 0.1) is 17.1 Å². The second kappa shape index (κ2) is 9.62. The molecule has 0 radical (unpaired) electrons. The summed E-state index contributed by atoms with van der Waals surface area (Å²) in [6, 6.07) is 13.2. The van der Waals surface area contributed by atoms with Crippen LogP contribution in [-0.4, -0.2) is 32.7 Å². The SMILES string of the molecule is N#CCS(=O)(=O)Cc1ccc(C(=O)OCC(=O)NCc2ccccc2F)cc1. The molecule has 2 rings (SSSR count). The number of nitrogens with zero attached hydrogens (tertiary/aromatic N) is 1. The summed E-state index contributed by atoms with van der Waals surface area (Å²) in [5, 5.41) is 10.9. The van der Waals surface area contributed by atoms with E-state index in [9.17, 15) is 22.4 Å². The van der Waals surface area contributed by atoms with Crippen LogP contribution in [0.3, 0.4) is 0 Å². The maximum atomic E-state index is 13.5. The Balaban J connectivity index is 1.83. The Morgan fingerprint density at radius 1 is 1.11 bits per heavy atom. The minimum atomic E-state index is -3.53. The predicted molar refractivity (Wildman–Crippen MR) is 98.1 cm³/mol. The van der Waals surface area contributed by atoms with Crippen molar-refractivity contribution in [3.63, 3.8) is 0 Å². The van der Waals surface area contributed by atoms with E-state index >= 15 is 0 Å². The van der Waals surface area contributed by atoms with Gasteiger partial charge >= 0.3 is 5.97 Å². The number of carbonyl (C=O) groups excluding carboxylic acids is 2. The molecule has 28 heavy (non-hydrogen) atoms. The third-order valence-corrected chi connectivity index (χ3v) is 4.97. The van der Waals surface area contributed by atoms with Gasteiger partial charge in [-0.05, 0) is 23.8 Å². The van der Waals surface area contributed by atoms with Gasteiger partial charge in [-0.2, -0.15) is 5.26 Å². The Bertz CT molecular complexity index is 998. The molecule has 0 saturated heterocycles. The summed E-state index contributed by atoms with van der Waals surface area (Å²) < 4.78 is 41.5. The molecule has 0 saturated carbocycles. The first kappa shape index (κ1) is 21.1. The van der Waals surface area contributed by atoms with Gasteiger partial charge in [0.2, 0.25) is 0 Å². The zero-order valence-corrected chi connectivity index (χ0v) is 15.5. The van der Waals surface area contributed by atoms with E-state index in [1.54, 1.807) is 12.1 Å². The average Bonchev–Trinajstić information content (AvgIpc) is 2.65. The number of rotatable bonds is 8. The Morgan fingerprint density at radius 2 is 1.79 bits per heavy atom. The highest BCUT2D eigenvalue weighted by Gasteiger charge is 2.14. The minimum Gasteiger partial charge on any atom is -0.452 e. The van der Waals surface area contributed by atoms with Gasteiger partial charge in [0.1, 0.15) is 11.6 Å². The zero-order valence-electron chi connectivity index (χ0n) is 14.7. The molecule has 0 aliphatic rings. The molecule has 0 aliphatic carbocycles. The second-order valence-corrected chi connectivity index (χ2v) is 7.90. The number of hydrogen-bond acceptors (Lipinski definition) is 6. The van der Waals surface area contributed by atoms with Gasteiger partial charge in [0, 0.05) is 12.1 Å². The summed E-state index contributed by atoms with van der Waals surface area (Å²) in [7, 11) is -3.53. The molecule has 9 heteroatoms. The fourth-order valence-corrected chi connectivity index (χ4v) is 3.24. The molecule has 0 heterocycles. The fraction of sp³-hybridized carbons (Fsp3) is 0.211. The molecule has 0 aliphatic heterocycles. The van der Waals surface area contributed by atoms with Crippen molar-refractivity contribution in [3.8, 4) is 6.07 Å². The van der Waals surface area contributed by atoms with Crippen LogP contribution in [0.15, 0.2) is 48.5 Å². The largest absolute Gasteiger partial charge is 0.452 e. The lowest BCUT2D eigenvalue weighted by atomic mass is 10.1. The van der Waals surface area contributed by atoms with E-state index < -0.39 is 39.9 Å². The van der Waals surface area contributed by atoms with Gasteiger partial charge in [0.05, 0.1) is 17.4 Å². The quantitative estimate of drug-likeness (QED) is 0.671. The topological polar surface area (TPSA) is 113 Å². The van der Waals surface area contributed by atoms with Crippen LogP contribution in [0.25, 0.3) is 0 Å². The molecule has 2 aromatic carbocycles. The van der Waals surface area contributed by atoms with Crippen molar-refractivity contribution in [1.29, 1.82) is 5.26 Å². The zero-order chi connectivity index (χ0) is 20.6. The van der Waals surface area contributed by atoms with Crippen molar-refractivity contribution < 1.29 is 27.1 Å². The molecule has 0 spiro atoms. The Morgan fingerprint density at radius 3 is 2.43 bits per heavy atom. The van der Waals surface area contributed by atoms with Gasteiger partial charge in [-0.3, -0.25) is 4.79 Å². The lowest BCUT2D eigenvalue weighted by Crippen LogP contribution is -2.28. The maximum Gasteiger partial charge on any atom is 0.338 e. The number of amides is 1. The number of halogens is 1. The van der Waals surface area contributed by atoms with Crippen LogP contribution >= 0.6 is 0 Å². The average molecular weight is 404 g/mol. The first-order valence-electron chi connectivity index (χ1n) is 8.14. The third kappa shape index (κ3) is 6.48. The predicted octanol–water partition coefficient (Wildman–Crippen LogP) is 1.74. The van der Waals surface area contributed by atoms with Crippen LogP contribution in [0.5, 0.6) is 0 Å². The molecule has 1 amide bonds. The van der Waals surface area contributed by atoms with Crippen molar-refractivity contribution in [2.24, 2.45) is 0 Å². The molecular weight excluding hydrogens is 387 g/mol. The van der Waals surface area contributed by atoms with E-state index in [0.717, 1.165) is 0 Å². The van der Waals surface area contributed by atoms with Gasteiger partial charge in [-0.15, -0.1) is 0 Å². The first-order chi connectivity index (χ1) is 13.3. The Kier molecular flexibility index (Phi) is 7.23. The molecule has 1 N–H and O–H groups in total. The Hall–Kier alpha value is -3.25. The lowest BCUT2D eigenvalue weighted by Gasteiger charge is -2.08. The van der Waals surface area contributed by atoms with E-state index in [4.69, 9.17) is 10.00 Å². The Labute approximate surface area is 161 Å². The molecule has 0 bridgehead atoms. The van der Waals surface area contributed by atoms with Crippen molar-refractivity contribution in [1.82, 2.24) is 5.32 Å². The molecular formula is C19H17FN2O5S. The van der Waals surface area contributed by atoms with Crippen molar-refractivity contribution in [2.75, 3.05) is 12.4 Å². The first-order valence-corrected chi connectivity index (χ1v) is 9.96. The number of nitriles is 1. The molecule has 0 fully saturated rings. The summed E-state index contributed by atoms with van der Waals surface area (Å²) in [5.74, 6) is -2.69. The standard InChI is InChI=1S/C19H17FN2O5S/c20-17-4-2-1-3-16(17)11-22-18(23)12-27-19(24)15-7-5-14(6-8-15)13-28(25,26)10-9-21/h1-8H,10-13H2,(H,22,23). The van der Waals surface area contributed by atoms with Gasteiger partial charge < -0.3 is 10.1 Å². The molecule has 0 atom stereocenters. The van der Waals surface area contributed by atoms with Gasteiger partial charge in [-0.1, -0.05) is 30.3 Å². The highest BCUT2D eigenvalue weighted by atomic mass is 32.2. The molecule has 0 aromatic heterocycles.